The van der Waals surface area contributed by atoms with Crippen LogP contribution in [-0.2, 0) is 0 Å². The molecule has 6 nitrogen and oxygen atoms in total. The predicted molar refractivity (Wildman–Crippen MR) is 98.4 cm³/mol. The summed E-state index contributed by atoms with van der Waals surface area (Å²) in [5.74, 6) is 1.21. The molecule has 8 heteroatoms. The van der Waals surface area contributed by atoms with Crippen LogP contribution in [0.1, 0.15) is 31.4 Å². The Morgan fingerprint density at radius 2 is 2.08 bits per heavy atom. The fourth-order valence-corrected chi connectivity index (χ4v) is 4.29. The molecule has 24 heavy (non-hydrogen) atoms. The van der Waals surface area contributed by atoms with Gasteiger partial charge in [0, 0.05) is 6.04 Å². The van der Waals surface area contributed by atoms with Crippen LogP contribution in [0, 0.1) is 6.92 Å². The average molecular weight is 361 g/mol. The Morgan fingerprint density at radius 1 is 1.25 bits per heavy atom. The maximum absolute atomic E-state index is 6.21. The molecular weight excluding hydrogens is 342 g/mol. The summed E-state index contributed by atoms with van der Waals surface area (Å²) in [6, 6.07) is 4.28. The predicted octanol–water partition coefficient (Wildman–Crippen LogP) is 3.85. The summed E-state index contributed by atoms with van der Waals surface area (Å²) in [6.07, 6.45) is 4.16. The third kappa shape index (κ3) is 3.35. The van der Waals surface area contributed by atoms with E-state index in [0.717, 1.165) is 46.6 Å². The fraction of sp³-hybridized carbons (Fsp3) is 0.438. The Hall–Kier alpha value is -1.77. The van der Waals surface area contributed by atoms with Crippen LogP contribution in [0.5, 0.6) is 5.88 Å². The van der Waals surface area contributed by atoms with Gasteiger partial charge in [-0.05, 0) is 61.7 Å². The van der Waals surface area contributed by atoms with Gasteiger partial charge in [0.05, 0.1) is 11.2 Å². The van der Waals surface area contributed by atoms with E-state index in [-0.39, 0.29) is 6.10 Å². The summed E-state index contributed by atoms with van der Waals surface area (Å²) in [4.78, 5) is 9.18. The lowest BCUT2D eigenvalue weighted by Crippen LogP contribution is -2.31. The van der Waals surface area contributed by atoms with Gasteiger partial charge in [-0.1, -0.05) is 0 Å². The van der Waals surface area contributed by atoms with Gasteiger partial charge >= 0.3 is 0 Å². The van der Waals surface area contributed by atoms with Crippen LogP contribution >= 0.6 is 22.9 Å². The lowest BCUT2D eigenvalue weighted by molar-refractivity contribution is 0.143. The molecular formula is C16H19N5OS2. The number of aryl methyl sites for hydroxylation is 1. The highest BCUT2D eigenvalue weighted by molar-refractivity contribution is 7.17. The Kier molecular flexibility index (Phi) is 4.34. The van der Waals surface area contributed by atoms with Gasteiger partial charge in [0.25, 0.3) is 0 Å². The zero-order chi connectivity index (χ0) is 16.5. The highest BCUT2D eigenvalue weighted by Gasteiger charge is 2.22. The molecule has 0 amide bonds. The van der Waals surface area contributed by atoms with Crippen LogP contribution in [0.25, 0.3) is 10.2 Å². The van der Waals surface area contributed by atoms with Crippen LogP contribution in [0.4, 0.5) is 10.9 Å². The minimum atomic E-state index is 0.184. The molecule has 0 aromatic carbocycles. The summed E-state index contributed by atoms with van der Waals surface area (Å²) in [7, 11) is 0. The van der Waals surface area contributed by atoms with E-state index in [1.165, 1.54) is 11.5 Å². The van der Waals surface area contributed by atoms with Crippen LogP contribution in [0.15, 0.2) is 17.5 Å². The lowest BCUT2D eigenvalue weighted by atomic mass is 9.94. The third-order valence-corrected chi connectivity index (χ3v) is 5.82. The molecule has 3 heterocycles. The largest absolute Gasteiger partial charge is 0.473 e. The van der Waals surface area contributed by atoms with E-state index in [1.54, 1.807) is 11.3 Å². The van der Waals surface area contributed by atoms with E-state index in [4.69, 9.17) is 10.5 Å². The molecule has 0 saturated heterocycles. The van der Waals surface area contributed by atoms with Gasteiger partial charge < -0.3 is 15.8 Å². The number of aromatic nitrogens is 3. The Labute approximate surface area is 148 Å². The summed E-state index contributed by atoms with van der Waals surface area (Å²) < 4.78 is 11.5. The molecule has 0 radical (unpaired) electrons. The smallest absolute Gasteiger partial charge is 0.236 e. The zero-order valence-corrected chi connectivity index (χ0v) is 15.0. The zero-order valence-electron chi connectivity index (χ0n) is 13.4. The Morgan fingerprint density at radius 3 is 2.83 bits per heavy atom. The molecule has 1 aliphatic carbocycles. The van der Waals surface area contributed by atoms with Crippen LogP contribution in [-0.4, -0.2) is 26.5 Å². The first-order valence-electron chi connectivity index (χ1n) is 8.05. The molecule has 3 aromatic heterocycles. The molecule has 1 aliphatic rings. The molecule has 1 fully saturated rings. The molecule has 1 saturated carbocycles. The topological polar surface area (TPSA) is 86.0 Å². The van der Waals surface area contributed by atoms with E-state index < -0.39 is 0 Å². The van der Waals surface area contributed by atoms with Crippen LogP contribution in [0.2, 0.25) is 0 Å². The Bertz CT molecular complexity index is 838. The number of fused-ring (bicyclic) bond motifs is 1. The number of ether oxygens (including phenoxy) is 1. The van der Waals surface area contributed by atoms with E-state index >= 15 is 0 Å². The van der Waals surface area contributed by atoms with Crippen molar-refractivity contribution in [1.82, 2.24) is 14.3 Å². The maximum Gasteiger partial charge on any atom is 0.236 e. The number of hydrogen-bond acceptors (Lipinski definition) is 8. The second-order valence-corrected chi connectivity index (χ2v) is 7.82. The van der Waals surface area contributed by atoms with E-state index in [9.17, 15) is 0 Å². The summed E-state index contributed by atoms with van der Waals surface area (Å²) >= 11 is 3.01. The number of nitrogens with zero attached hydrogens (tertiary/aromatic N) is 3. The van der Waals surface area contributed by atoms with Crippen molar-refractivity contribution in [3.8, 4) is 5.88 Å². The van der Waals surface area contributed by atoms with E-state index in [0.29, 0.717) is 17.9 Å². The highest BCUT2D eigenvalue weighted by atomic mass is 32.1. The van der Waals surface area contributed by atoms with Crippen molar-refractivity contribution in [2.75, 3.05) is 5.32 Å². The molecule has 4 rings (SSSR count). The molecule has 0 unspecified atom stereocenters. The number of hydrogen-bond donors (Lipinski definition) is 2. The van der Waals surface area contributed by atoms with Crippen molar-refractivity contribution < 1.29 is 4.74 Å². The van der Waals surface area contributed by atoms with Gasteiger partial charge in [-0.25, -0.2) is 4.98 Å². The average Bonchev–Trinajstić information content (AvgIpc) is 3.19. The molecule has 0 aliphatic heterocycles. The first-order chi connectivity index (χ1) is 11.7. The molecule has 3 aromatic rings. The van der Waals surface area contributed by atoms with Crippen LogP contribution in [0.3, 0.4) is 0 Å². The quantitative estimate of drug-likeness (QED) is 0.734. The standard InChI is InChI=1S/C16H19N5OS2/c1-9-8-13(24-21-9)19-16-18-12-6-7-23-14(12)15(20-16)22-11-4-2-10(17)3-5-11/h6-8,10-11H,2-5,17H2,1H3,(H,18,19,20)/t10-,11-. The van der Waals surface area contributed by atoms with E-state index in [1.807, 2.05) is 24.4 Å². The monoisotopic (exact) mass is 361 g/mol. The van der Waals surface area contributed by atoms with Gasteiger partial charge in [0.2, 0.25) is 11.8 Å². The number of thiophene rings is 1. The van der Waals surface area contributed by atoms with Crippen LogP contribution < -0.4 is 15.8 Å². The first-order valence-corrected chi connectivity index (χ1v) is 9.70. The minimum absolute atomic E-state index is 0.184. The van der Waals surface area contributed by atoms with Crippen molar-refractivity contribution in [3.05, 3.63) is 23.2 Å². The number of rotatable bonds is 4. The maximum atomic E-state index is 6.21. The van der Waals surface area contributed by atoms with Crippen molar-refractivity contribution in [3.63, 3.8) is 0 Å². The second-order valence-electron chi connectivity index (χ2n) is 6.10. The van der Waals surface area contributed by atoms with Gasteiger partial charge in [0.15, 0.2) is 0 Å². The molecule has 0 atom stereocenters. The van der Waals surface area contributed by atoms with Gasteiger partial charge in [-0.15, -0.1) is 11.3 Å². The lowest BCUT2D eigenvalue weighted by Gasteiger charge is -2.26. The first kappa shape index (κ1) is 15.7. The summed E-state index contributed by atoms with van der Waals surface area (Å²) in [5, 5.41) is 6.17. The number of nitrogens with two attached hydrogens (primary N) is 1. The van der Waals surface area contributed by atoms with Crippen molar-refractivity contribution >= 4 is 44.0 Å². The molecule has 126 valence electrons. The molecule has 0 spiro atoms. The third-order valence-electron chi connectivity index (χ3n) is 4.13. The van der Waals surface area contributed by atoms with Crippen molar-refractivity contribution in [1.29, 1.82) is 0 Å². The fourth-order valence-electron chi connectivity index (χ4n) is 2.87. The number of anilines is 2. The van der Waals surface area contributed by atoms with Gasteiger partial charge in [-0.3, -0.25) is 0 Å². The SMILES string of the molecule is Cc1cc(Nc2nc(O[C@H]3CC[C@H](N)CC3)c3sccc3n2)sn1. The van der Waals surface area contributed by atoms with Gasteiger partial charge in [-0.2, -0.15) is 9.36 Å². The second kappa shape index (κ2) is 6.62. The molecule has 0 bridgehead atoms. The highest BCUT2D eigenvalue weighted by Crippen LogP contribution is 2.33. The summed E-state index contributed by atoms with van der Waals surface area (Å²) in [5.41, 5.74) is 7.87. The normalized spacial score (nSPS) is 21.1. The van der Waals surface area contributed by atoms with E-state index in [2.05, 4.69) is 19.7 Å². The Balaban J connectivity index is 1.60. The summed E-state index contributed by atoms with van der Waals surface area (Å²) in [6.45, 7) is 1.97. The van der Waals surface area contributed by atoms with Crippen molar-refractivity contribution in [2.24, 2.45) is 5.73 Å². The number of nitrogens with one attached hydrogen (secondary N) is 1. The van der Waals surface area contributed by atoms with Gasteiger partial charge in [0.1, 0.15) is 15.8 Å². The minimum Gasteiger partial charge on any atom is -0.473 e. The van der Waals surface area contributed by atoms with Crippen molar-refractivity contribution in [2.45, 2.75) is 44.8 Å². The molecule has 3 N–H and O–H groups in total.